The molecule has 11 nitrogen and oxygen atoms in total. The van der Waals surface area contributed by atoms with E-state index in [1.165, 1.54) is 12.1 Å². The lowest BCUT2D eigenvalue weighted by Gasteiger charge is -2.21. The Morgan fingerprint density at radius 1 is 1.08 bits per heavy atom. The zero-order valence-corrected chi connectivity index (χ0v) is 20.3. The number of aromatic amines is 1. The van der Waals surface area contributed by atoms with Crippen molar-refractivity contribution in [1.29, 1.82) is 0 Å². The molecule has 1 aliphatic rings. The minimum Gasteiger partial charge on any atom is -0.406 e. The van der Waals surface area contributed by atoms with Crippen LogP contribution in [0.2, 0.25) is 0 Å². The quantitative estimate of drug-likeness (QED) is 0.364. The molecule has 15 heteroatoms. The summed E-state index contributed by atoms with van der Waals surface area (Å²) in [6.07, 6.45) is -2.99. The number of nitrogens with one attached hydrogen (secondary N) is 1. The zero-order chi connectivity index (χ0) is 26.2. The lowest BCUT2D eigenvalue weighted by atomic mass is 10.2. The third-order valence-corrected chi connectivity index (χ3v) is 7.30. The van der Waals surface area contributed by atoms with E-state index in [0.29, 0.717) is 31.0 Å². The highest BCUT2D eigenvalue weighted by molar-refractivity contribution is 7.91. The van der Waals surface area contributed by atoms with E-state index in [2.05, 4.69) is 29.9 Å². The topological polar surface area (TPSA) is 130 Å². The summed E-state index contributed by atoms with van der Waals surface area (Å²) in [5, 5.41) is 8.33. The number of ether oxygens (including phenoxy) is 1. The summed E-state index contributed by atoms with van der Waals surface area (Å²) in [6.45, 7) is 3.02. The van der Waals surface area contributed by atoms with E-state index in [-0.39, 0.29) is 34.8 Å². The van der Waals surface area contributed by atoms with Gasteiger partial charge in [0.2, 0.25) is 11.6 Å². The molecule has 5 rings (SSSR count). The van der Waals surface area contributed by atoms with Gasteiger partial charge in [-0.1, -0.05) is 5.16 Å². The van der Waals surface area contributed by atoms with E-state index in [4.69, 9.17) is 4.52 Å². The van der Waals surface area contributed by atoms with Crippen LogP contribution in [0, 0.1) is 6.92 Å². The SMILES string of the molecule is Cc1nc(-c2nc(-c3ccc(OC(F)(F)F)cc3)no2)nn1Cc1cc[nH+]c(N2CCS(=O)(=O)CC2)c1. The van der Waals surface area contributed by atoms with Gasteiger partial charge in [-0.25, -0.2) is 23.1 Å². The van der Waals surface area contributed by atoms with Gasteiger partial charge in [0.1, 0.15) is 11.6 Å². The monoisotopic (exact) mass is 536 g/mol. The van der Waals surface area contributed by atoms with Gasteiger partial charge >= 0.3 is 6.36 Å². The van der Waals surface area contributed by atoms with Gasteiger partial charge in [0.15, 0.2) is 9.84 Å². The predicted molar refractivity (Wildman–Crippen MR) is 123 cm³/mol. The molecule has 0 unspecified atom stereocenters. The summed E-state index contributed by atoms with van der Waals surface area (Å²) in [6, 6.07) is 8.91. The van der Waals surface area contributed by atoms with Crippen LogP contribution in [-0.4, -0.2) is 64.3 Å². The molecule has 1 saturated heterocycles. The number of aromatic nitrogens is 6. The van der Waals surface area contributed by atoms with Gasteiger partial charge in [-0.3, -0.25) is 4.90 Å². The van der Waals surface area contributed by atoms with E-state index >= 15 is 0 Å². The first-order chi connectivity index (χ1) is 17.5. The molecule has 1 fully saturated rings. The molecule has 0 amide bonds. The Morgan fingerprint density at radius 3 is 2.51 bits per heavy atom. The van der Waals surface area contributed by atoms with Crippen molar-refractivity contribution in [3.8, 4) is 28.9 Å². The lowest BCUT2D eigenvalue weighted by molar-refractivity contribution is -0.364. The molecule has 4 heterocycles. The third kappa shape index (κ3) is 5.87. The molecule has 1 aliphatic heterocycles. The van der Waals surface area contributed by atoms with Crippen molar-refractivity contribution >= 4 is 15.7 Å². The van der Waals surface area contributed by atoms with Crippen LogP contribution < -0.4 is 14.6 Å². The Hall–Kier alpha value is -4.01. The first kappa shape index (κ1) is 24.7. The summed E-state index contributed by atoms with van der Waals surface area (Å²) in [5.41, 5.74) is 1.35. The molecule has 0 aliphatic carbocycles. The molecule has 1 N–H and O–H groups in total. The van der Waals surface area contributed by atoms with Crippen LogP contribution in [0.15, 0.2) is 47.1 Å². The predicted octanol–water partition coefficient (Wildman–Crippen LogP) is 2.30. The second kappa shape index (κ2) is 9.46. The highest BCUT2D eigenvalue weighted by atomic mass is 32.2. The second-order valence-electron chi connectivity index (χ2n) is 8.36. The Kier molecular flexibility index (Phi) is 6.31. The van der Waals surface area contributed by atoms with Crippen LogP contribution in [0.5, 0.6) is 5.75 Å². The number of hydrogen-bond acceptors (Lipinski definition) is 9. The molecule has 194 valence electrons. The average Bonchev–Trinajstić information content (AvgIpc) is 3.46. The van der Waals surface area contributed by atoms with Crippen molar-refractivity contribution in [1.82, 2.24) is 24.9 Å². The molecule has 0 radical (unpaired) electrons. The van der Waals surface area contributed by atoms with Crippen LogP contribution in [0.25, 0.3) is 23.1 Å². The molecule has 0 atom stereocenters. The van der Waals surface area contributed by atoms with Crippen molar-refractivity contribution in [2.75, 3.05) is 29.5 Å². The van der Waals surface area contributed by atoms with Crippen molar-refractivity contribution in [3.05, 3.63) is 54.0 Å². The Morgan fingerprint density at radius 2 is 1.81 bits per heavy atom. The van der Waals surface area contributed by atoms with E-state index in [1.54, 1.807) is 17.8 Å². The van der Waals surface area contributed by atoms with Crippen molar-refractivity contribution < 1.29 is 35.8 Å². The van der Waals surface area contributed by atoms with Gasteiger partial charge in [0, 0.05) is 11.6 Å². The summed E-state index contributed by atoms with van der Waals surface area (Å²) < 4.78 is 71.3. The minimum atomic E-state index is -4.78. The van der Waals surface area contributed by atoms with Crippen molar-refractivity contribution in [3.63, 3.8) is 0 Å². The summed E-state index contributed by atoms with van der Waals surface area (Å²) in [4.78, 5) is 13.8. The van der Waals surface area contributed by atoms with E-state index < -0.39 is 16.2 Å². The Labute approximate surface area is 208 Å². The molecular weight excluding hydrogens is 515 g/mol. The molecule has 0 saturated carbocycles. The maximum absolute atomic E-state index is 12.4. The zero-order valence-electron chi connectivity index (χ0n) is 19.4. The van der Waals surface area contributed by atoms with Gasteiger partial charge in [0.25, 0.3) is 11.7 Å². The van der Waals surface area contributed by atoms with Gasteiger partial charge in [-0.05, 0) is 42.8 Å². The molecule has 1 aromatic carbocycles. The number of pyridine rings is 1. The number of rotatable bonds is 6. The van der Waals surface area contributed by atoms with Crippen LogP contribution >= 0.6 is 0 Å². The number of hydrogen-bond donors (Lipinski definition) is 0. The third-order valence-electron chi connectivity index (χ3n) is 5.69. The summed E-state index contributed by atoms with van der Waals surface area (Å²) in [7, 11) is -2.98. The fraction of sp³-hybridized carbons (Fsp3) is 0.318. The fourth-order valence-corrected chi connectivity index (χ4v) is 5.01. The number of nitrogens with zero attached hydrogens (tertiary/aromatic N) is 6. The number of anilines is 1. The normalized spacial score (nSPS) is 15.6. The van der Waals surface area contributed by atoms with Crippen LogP contribution in [0.1, 0.15) is 11.4 Å². The Bertz CT molecular complexity index is 1500. The van der Waals surface area contributed by atoms with Crippen LogP contribution in [0.3, 0.4) is 0 Å². The molecule has 37 heavy (non-hydrogen) atoms. The highest BCUT2D eigenvalue weighted by Gasteiger charge is 2.31. The van der Waals surface area contributed by atoms with Gasteiger partial charge < -0.3 is 9.26 Å². The molecule has 4 aromatic rings. The van der Waals surface area contributed by atoms with Crippen LogP contribution in [0.4, 0.5) is 19.0 Å². The van der Waals surface area contributed by atoms with E-state index in [9.17, 15) is 21.6 Å². The van der Waals surface area contributed by atoms with E-state index in [1.807, 2.05) is 17.0 Å². The first-order valence-electron chi connectivity index (χ1n) is 11.1. The minimum absolute atomic E-state index is 0.0593. The highest BCUT2D eigenvalue weighted by Crippen LogP contribution is 2.26. The standard InChI is InChI=1S/C22H20F3N7O4S/c1-14-27-20(21-28-19(30-36-21)16-2-4-17(5-3-16)35-22(23,24)25)29-32(14)13-15-6-7-26-18(12-15)31-8-10-37(33,34)11-9-31/h2-7,12H,8-11,13H2,1H3/p+1. The largest absolute Gasteiger partial charge is 0.573 e. The molecular formula is C22H21F3N7O4S+. The molecule has 0 spiro atoms. The van der Waals surface area contributed by atoms with E-state index in [0.717, 1.165) is 23.5 Å². The maximum Gasteiger partial charge on any atom is 0.573 e. The fourth-order valence-electron chi connectivity index (χ4n) is 3.80. The molecule has 3 aromatic heterocycles. The Balaban J connectivity index is 1.29. The summed E-state index contributed by atoms with van der Waals surface area (Å²) >= 11 is 0. The number of H-pyrrole nitrogens is 1. The molecule has 0 bridgehead atoms. The van der Waals surface area contributed by atoms with Gasteiger partial charge in [-0.15, -0.1) is 18.3 Å². The van der Waals surface area contributed by atoms with Gasteiger partial charge in [0.05, 0.1) is 37.3 Å². The van der Waals surface area contributed by atoms with Crippen LogP contribution in [-0.2, 0) is 16.4 Å². The number of benzene rings is 1. The van der Waals surface area contributed by atoms with Crippen molar-refractivity contribution in [2.45, 2.75) is 19.8 Å². The summed E-state index contributed by atoms with van der Waals surface area (Å²) in [5.74, 6) is 1.72. The lowest BCUT2D eigenvalue weighted by Crippen LogP contribution is -2.42. The number of alkyl halides is 3. The number of halogens is 3. The van der Waals surface area contributed by atoms with Gasteiger partial charge in [-0.2, -0.15) is 4.98 Å². The average molecular weight is 537 g/mol. The number of aryl methyl sites for hydroxylation is 1. The first-order valence-corrected chi connectivity index (χ1v) is 12.9. The second-order valence-corrected chi connectivity index (χ2v) is 10.7. The van der Waals surface area contributed by atoms with Crippen molar-refractivity contribution in [2.24, 2.45) is 0 Å². The number of sulfone groups is 1. The smallest absolute Gasteiger partial charge is 0.406 e. The maximum atomic E-state index is 12.4.